The zero-order valence-corrected chi connectivity index (χ0v) is 14.4. The Kier molecular flexibility index (Phi) is 5.02. The summed E-state index contributed by atoms with van der Waals surface area (Å²) in [6, 6.07) is 6.70. The molecule has 0 radical (unpaired) electrons. The molecule has 0 saturated carbocycles. The average Bonchev–Trinajstić information content (AvgIpc) is 2.62. The van der Waals surface area contributed by atoms with Crippen LogP contribution in [0.25, 0.3) is 0 Å². The summed E-state index contributed by atoms with van der Waals surface area (Å²) in [6.07, 6.45) is 0.733. The summed E-state index contributed by atoms with van der Waals surface area (Å²) in [7, 11) is 0. The molecule has 2 aromatic rings. The first-order valence-corrected chi connectivity index (χ1v) is 8.38. The van der Waals surface area contributed by atoms with E-state index in [1.807, 2.05) is 26.0 Å². The Morgan fingerprint density at radius 1 is 1.16 bits per heavy atom. The van der Waals surface area contributed by atoms with Gasteiger partial charge in [-0.3, -0.25) is 9.59 Å². The molecule has 1 aromatic heterocycles. The molecule has 132 valence electrons. The van der Waals surface area contributed by atoms with Crippen molar-refractivity contribution in [3.05, 3.63) is 51.4 Å². The van der Waals surface area contributed by atoms with E-state index in [-0.39, 0.29) is 17.2 Å². The molecule has 0 aliphatic carbocycles. The Balaban J connectivity index is 1.84. The molecular formula is C18H21N3O4. The fourth-order valence-electron chi connectivity index (χ4n) is 2.90. The molecular weight excluding hydrogens is 322 g/mol. The van der Waals surface area contributed by atoms with E-state index in [0.29, 0.717) is 32.1 Å². The number of rotatable bonds is 5. The lowest BCUT2D eigenvalue weighted by Crippen LogP contribution is -2.36. The lowest BCUT2D eigenvalue weighted by atomic mass is 9.98. The normalized spacial score (nSPS) is 13.3. The lowest BCUT2D eigenvalue weighted by Gasteiger charge is -2.29. The van der Waals surface area contributed by atoms with Gasteiger partial charge in [-0.05, 0) is 49.6 Å². The minimum Gasteiger partial charge on any atom is -0.490 e. The fraction of sp³-hybridized carbons (Fsp3) is 0.389. The van der Waals surface area contributed by atoms with Crippen LogP contribution in [0.5, 0.6) is 11.5 Å². The SMILES string of the molecule is CCOc1cc2c(cc1OCC)CN(C(=O)c1ccc(=O)[nH]n1)CC2. The Labute approximate surface area is 145 Å². The van der Waals surface area contributed by atoms with Crippen LogP contribution in [0.1, 0.15) is 35.5 Å². The monoisotopic (exact) mass is 343 g/mol. The third kappa shape index (κ3) is 3.65. The van der Waals surface area contributed by atoms with Crippen LogP contribution in [0.4, 0.5) is 0 Å². The average molecular weight is 343 g/mol. The molecule has 1 amide bonds. The quantitative estimate of drug-likeness (QED) is 0.894. The van der Waals surface area contributed by atoms with Gasteiger partial charge in [0.25, 0.3) is 11.5 Å². The summed E-state index contributed by atoms with van der Waals surface area (Å²) < 4.78 is 11.3. The first-order chi connectivity index (χ1) is 12.1. The molecule has 1 N–H and O–H groups in total. The molecule has 1 aliphatic rings. The van der Waals surface area contributed by atoms with Crippen LogP contribution < -0.4 is 15.0 Å². The van der Waals surface area contributed by atoms with Crippen molar-refractivity contribution < 1.29 is 14.3 Å². The third-order valence-electron chi connectivity index (χ3n) is 4.06. The molecule has 7 nitrogen and oxygen atoms in total. The minimum absolute atomic E-state index is 0.200. The van der Waals surface area contributed by atoms with E-state index in [2.05, 4.69) is 10.2 Å². The number of hydrogen-bond donors (Lipinski definition) is 1. The van der Waals surface area contributed by atoms with Gasteiger partial charge in [0.1, 0.15) is 5.69 Å². The van der Waals surface area contributed by atoms with Crippen LogP contribution in [0.15, 0.2) is 29.1 Å². The van der Waals surface area contributed by atoms with Crippen molar-refractivity contribution in [2.45, 2.75) is 26.8 Å². The Morgan fingerprint density at radius 3 is 2.44 bits per heavy atom. The highest BCUT2D eigenvalue weighted by molar-refractivity contribution is 5.92. The maximum Gasteiger partial charge on any atom is 0.274 e. The van der Waals surface area contributed by atoms with Gasteiger partial charge in [0.05, 0.1) is 13.2 Å². The van der Waals surface area contributed by atoms with Gasteiger partial charge in [-0.1, -0.05) is 0 Å². The van der Waals surface area contributed by atoms with Crippen LogP contribution in [-0.4, -0.2) is 40.8 Å². The number of carbonyl (C=O) groups excluding carboxylic acids is 1. The number of H-pyrrole nitrogens is 1. The number of fused-ring (bicyclic) bond motifs is 1. The molecule has 0 atom stereocenters. The Bertz CT molecular complexity index is 811. The zero-order chi connectivity index (χ0) is 17.8. The Morgan fingerprint density at radius 2 is 1.84 bits per heavy atom. The summed E-state index contributed by atoms with van der Waals surface area (Å²) in [5, 5.41) is 6.12. The molecule has 7 heteroatoms. The first kappa shape index (κ1) is 17.0. The number of aromatic nitrogens is 2. The molecule has 0 bridgehead atoms. The van der Waals surface area contributed by atoms with E-state index >= 15 is 0 Å². The van der Waals surface area contributed by atoms with Crippen molar-refractivity contribution in [3.63, 3.8) is 0 Å². The Hall–Kier alpha value is -2.83. The van der Waals surface area contributed by atoms with Crippen molar-refractivity contribution >= 4 is 5.91 Å². The summed E-state index contributed by atoms with van der Waals surface area (Å²) in [6.45, 7) is 6.04. The number of nitrogens with one attached hydrogen (secondary N) is 1. The molecule has 1 aliphatic heterocycles. The molecule has 1 aromatic carbocycles. The first-order valence-electron chi connectivity index (χ1n) is 8.38. The van der Waals surface area contributed by atoms with Crippen molar-refractivity contribution in [2.75, 3.05) is 19.8 Å². The number of carbonyl (C=O) groups is 1. The minimum atomic E-state index is -0.328. The number of benzene rings is 1. The second-order valence-electron chi connectivity index (χ2n) is 5.72. The van der Waals surface area contributed by atoms with Gasteiger partial charge in [0, 0.05) is 19.2 Å². The standard InChI is InChI=1S/C18H21N3O4/c1-3-24-15-9-12-7-8-21(11-13(12)10-16(15)25-4-2)18(23)14-5-6-17(22)20-19-14/h5-6,9-10H,3-4,7-8,11H2,1-2H3,(H,20,22). The summed E-state index contributed by atoms with van der Waals surface area (Å²) in [4.78, 5) is 25.4. The highest BCUT2D eigenvalue weighted by Crippen LogP contribution is 2.34. The van der Waals surface area contributed by atoms with Gasteiger partial charge in [-0.25, -0.2) is 5.10 Å². The van der Waals surface area contributed by atoms with Crippen LogP contribution in [0.2, 0.25) is 0 Å². The van der Waals surface area contributed by atoms with Gasteiger partial charge in [-0.15, -0.1) is 0 Å². The number of aromatic amines is 1. The predicted molar refractivity (Wildman–Crippen MR) is 92.1 cm³/mol. The van der Waals surface area contributed by atoms with Gasteiger partial charge in [0.2, 0.25) is 0 Å². The smallest absolute Gasteiger partial charge is 0.274 e. The van der Waals surface area contributed by atoms with Gasteiger partial charge >= 0.3 is 0 Å². The number of amides is 1. The predicted octanol–water partition coefficient (Wildman–Crippen LogP) is 1.77. The van der Waals surface area contributed by atoms with Crippen LogP contribution in [-0.2, 0) is 13.0 Å². The highest BCUT2D eigenvalue weighted by atomic mass is 16.5. The summed E-state index contributed by atoms with van der Waals surface area (Å²) in [5.41, 5.74) is 2.10. The van der Waals surface area contributed by atoms with Crippen molar-refractivity contribution in [2.24, 2.45) is 0 Å². The van der Waals surface area contributed by atoms with Crippen molar-refractivity contribution in [3.8, 4) is 11.5 Å². The van der Waals surface area contributed by atoms with Crippen LogP contribution in [0.3, 0.4) is 0 Å². The summed E-state index contributed by atoms with van der Waals surface area (Å²) >= 11 is 0. The van der Waals surface area contributed by atoms with Gasteiger partial charge in [0.15, 0.2) is 11.5 Å². The second kappa shape index (κ2) is 7.38. The second-order valence-corrected chi connectivity index (χ2v) is 5.72. The maximum absolute atomic E-state index is 12.6. The summed E-state index contributed by atoms with van der Waals surface area (Å²) in [5.74, 6) is 1.23. The molecule has 25 heavy (non-hydrogen) atoms. The van der Waals surface area contributed by atoms with E-state index < -0.39 is 0 Å². The molecule has 2 heterocycles. The topological polar surface area (TPSA) is 84.5 Å². The highest BCUT2D eigenvalue weighted by Gasteiger charge is 2.24. The number of nitrogens with zero attached hydrogens (tertiary/aromatic N) is 2. The molecule has 3 rings (SSSR count). The number of ether oxygens (including phenoxy) is 2. The fourth-order valence-corrected chi connectivity index (χ4v) is 2.90. The number of hydrogen-bond acceptors (Lipinski definition) is 5. The lowest BCUT2D eigenvalue weighted by molar-refractivity contribution is 0.0727. The maximum atomic E-state index is 12.6. The van der Waals surface area contributed by atoms with E-state index in [4.69, 9.17) is 9.47 Å². The molecule has 0 fully saturated rings. The van der Waals surface area contributed by atoms with Crippen LogP contribution >= 0.6 is 0 Å². The van der Waals surface area contributed by atoms with Crippen molar-refractivity contribution in [1.82, 2.24) is 15.1 Å². The molecule has 0 unspecified atom stereocenters. The van der Waals surface area contributed by atoms with E-state index in [1.54, 1.807) is 4.90 Å². The molecule has 0 saturated heterocycles. The largest absolute Gasteiger partial charge is 0.490 e. The van der Waals surface area contributed by atoms with E-state index in [0.717, 1.165) is 23.3 Å². The zero-order valence-electron chi connectivity index (χ0n) is 14.4. The van der Waals surface area contributed by atoms with Gasteiger partial charge in [-0.2, -0.15) is 5.10 Å². The van der Waals surface area contributed by atoms with Crippen molar-refractivity contribution in [1.29, 1.82) is 0 Å². The van der Waals surface area contributed by atoms with Crippen LogP contribution in [0, 0.1) is 0 Å². The van der Waals surface area contributed by atoms with E-state index in [1.165, 1.54) is 12.1 Å². The van der Waals surface area contributed by atoms with Gasteiger partial charge < -0.3 is 14.4 Å². The van der Waals surface area contributed by atoms with E-state index in [9.17, 15) is 9.59 Å². The third-order valence-corrected chi connectivity index (χ3v) is 4.06. The molecule has 0 spiro atoms.